The molecule has 0 aliphatic carbocycles. The molecular formula is C19H21FN2O3. The first kappa shape index (κ1) is 17.2. The summed E-state index contributed by atoms with van der Waals surface area (Å²) in [6.45, 7) is 2.08. The summed E-state index contributed by atoms with van der Waals surface area (Å²) in [5.41, 5.74) is 2.09. The molecular weight excluding hydrogens is 323 g/mol. The van der Waals surface area contributed by atoms with Crippen molar-refractivity contribution in [1.29, 1.82) is 0 Å². The highest BCUT2D eigenvalue weighted by atomic mass is 19.1. The number of halogens is 1. The molecule has 0 unspecified atom stereocenters. The van der Waals surface area contributed by atoms with E-state index in [-0.39, 0.29) is 18.5 Å². The zero-order valence-corrected chi connectivity index (χ0v) is 13.9. The lowest BCUT2D eigenvalue weighted by Crippen LogP contribution is -2.29. The zero-order chi connectivity index (χ0) is 17.5. The van der Waals surface area contributed by atoms with Gasteiger partial charge in [-0.2, -0.15) is 0 Å². The molecule has 2 N–H and O–H groups in total. The number of fused-ring (bicyclic) bond motifs is 1. The van der Waals surface area contributed by atoms with E-state index >= 15 is 0 Å². The van der Waals surface area contributed by atoms with Crippen LogP contribution >= 0.6 is 0 Å². The van der Waals surface area contributed by atoms with Gasteiger partial charge in [-0.3, -0.25) is 4.79 Å². The molecule has 0 fully saturated rings. The smallest absolute Gasteiger partial charge is 0.231 e. The predicted octanol–water partition coefficient (Wildman–Crippen LogP) is 2.39. The van der Waals surface area contributed by atoms with Crippen molar-refractivity contribution in [3.63, 3.8) is 0 Å². The van der Waals surface area contributed by atoms with Crippen LogP contribution < -0.4 is 20.1 Å². The van der Waals surface area contributed by atoms with Crippen LogP contribution in [0.15, 0.2) is 42.5 Å². The first-order chi connectivity index (χ1) is 12.2. The van der Waals surface area contributed by atoms with Crippen molar-refractivity contribution in [3.8, 4) is 11.5 Å². The number of nitrogens with one attached hydrogen (secondary N) is 2. The number of amides is 1. The van der Waals surface area contributed by atoms with Gasteiger partial charge in [0.2, 0.25) is 12.7 Å². The van der Waals surface area contributed by atoms with Gasteiger partial charge in [0.15, 0.2) is 11.5 Å². The molecule has 2 aromatic rings. The van der Waals surface area contributed by atoms with Gasteiger partial charge in [-0.05, 0) is 41.8 Å². The molecule has 6 heteroatoms. The van der Waals surface area contributed by atoms with E-state index in [2.05, 4.69) is 10.6 Å². The van der Waals surface area contributed by atoms with Crippen LogP contribution in [-0.2, 0) is 17.8 Å². The molecule has 132 valence electrons. The molecule has 0 saturated heterocycles. The number of carbonyl (C=O) groups excluding carboxylic acids is 1. The van der Waals surface area contributed by atoms with Gasteiger partial charge >= 0.3 is 0 Å². The van der Waals surface area contributed by atoms with Crippen molar-refractivity contribution in [2.75, 3.05) is 19.9 Å². The summed E-state index contributed by atoms with van der Waals surface area (Å²) in [5.74, 6) is 1.28. The van der Waals surface area contributed by atoms with Crippen molar-refractivity contribution in [2.24, 2.45) is 0 Å². The Morgan fingerprint density at radius 1 is 1.00 bits per heavy atom. The molecule has 0 saturated carbocycles. The molecule has 0 aromatic heterocycles. The maximum absolute atomic E-state index is 12.8. The number of benzene rings is 2. The maximum atomic E-state index is 12.8. The minimum Gasteiger partial charge on any atom is -0.454 e. The number of hydrogen-bond acceptors (Lipinski definition) is 4. The summed E-state index contributed by atoms with van der Waals surface area (Å²) in [5, 5.41) is 6.11. The third-order valence-electron chi connectivity index (χ3n) is 3.94. The normalized spacial score (nSPS) is 12.2. The van der Waals surface area contributed by atoms with Crippen LogP contribution in [0.5, 0.6) is 11.5 Å². The Balaban J connectivity index is 1.29. The van der Waals surface area contributed by atoms with E-state index in [9.17, 15) is 9.18 Å². The van der Waals surface area contributed by atoms with Crippen LogP contribution in [-0.4, -0.2) is 25.8 Å². The molecule has 0 atom stereocenters. The Morgan fingerprint density at radius 2 is 1.76 bits per heavy atom. The van der Waals surface area contributed by atoms with Gasteiger partial charge < -0.3 is 20.1 Å². The second kappa shape index (κ2) is 8.48. The van der Waals surface area contributed by atoms with Crippen molar-refractivity contribution >= 4 is 5.91 Å². The van der Waals surface area contributed by atoms with Crippen molar-refractivity contribution < 1.29 is 18.7 Å². The van der Waals surface area contributed by atoms with E-state index in [4.69, 9.17) is 9.47 Å². The van der Waals surface area contributed by atoms with E-state index < -0.39 is 0 Å². The van der Waals surface area contributed by atoms with Crippen LogP contribution in [0, 0.1) is 5.82 Å². The summed E-state index contributed by atoms with van der Waals surface area (Å²) < 4.78 is 23.4. The highest BCUT2D eigenvalue weighted by molar-refractivity contribution is 5.76. The Labute approximate surface area is 146 Å². The van der Waals surface area contributed by atoms with E-state index in [0.29, 0.717) is 32.5 Å². The number of ether oxygens (including phenoxy) is 2. The average molecular weight is 344 g/mol. The fourth-order valence-electron chi connectivity index (χ4n) is 2.57. The Kier molecular flexibility index (Phi) is 5.85. The molecule has 5 nitrogen and oxygen atoms in total. The number of hydrogen-bond donors (Lipinski definition) is 2. The van der Waals surface area contributed by atoms with Gasteiger partial charge in [-0.15, -0.1) is 0 Å². The van der Waals surface area contributed by atoms with Crippen LogP contribution in [0.2, 0.25) is 0 Å². The highest BCUT2D eigenvalue weighted by Crippen LogP contribution is 2.32. The summed E-state index contributed by atoms with van der Waals surface area (Å²) in [4.78, 5) is 11.8. The topological polar surface area (TPSA) is 59.6 Å². The lowest BCUT2D eigenvalue weighted by Gasteiger charge is -2.07. The van der Waals surface area contributed by atoms with Gasteiger partial charge in [0.05, 0.1) is 0 Å². The first-order valence-electron chi connectivity index (χ1n) is 8.31. The maximum Gasteiger partial charge on any atom is 0.231 e. The van der Waals surface area contributed by atoms with Gasteiger partial charge in [-0.1, -0.05) is 18.2 Å². The van der Waals surface area contributed by atoms with E-state index in [0.717, 1.165) is 22.6 Å². The number of carbonyl (C=O) groups is 1. The van der Waals surface area contributed by atoms with Crippen LogP contribution in [0.1, 0.15) is 17.5 Å². The standard InChI is InChI=1S/C19H21FN2O3/c20-16-4-1-14(2-5-16)7-10-22-19(23)8-9-21-12-15-3-6-17-18(11-15)25-13-24-17/h1-6,11,21H,7-10,12-13H2,(H,22,23). The fraction of sp³-hybridized carbons (Fsp3) is 0.316. The van der Waals surface area contributed by atoms with Gasteiger partial charge in [-0.25, -0.2) is 4.39 Å². The van der Waals surface area contributed by atoms with E-state index in [1.807, 2.05) is 18.2 Å². The minimum atomic E-state index is -0.249. The molecule has 1 heterocycles. The molecule has 0 bridgehead atoms. The quantitative estimate of drug-likeness (QED) is 0.722. The molecule has 3 rings (SSSR count). The Hall–Kier alpha value is -2.60. The molecule has 1 aliphatic rings. The molecule has 25 heavy (non-hydrogen) atoms. The average Bonchev–Trinajstić information content (AvgIpc) is 3.08. The molecule has 2 aromatic carbocycles. The summed E-state index contributed by atoms with van der Waals surface area (Å²) in [6, 6.07) is 12.1. The van der Waals surface area contributed by atoms with Crippen LogP contribution in [0.3, 0.4) is 0 Å². The molecule has 0 spiro atoms. The number of rotatable bonds is 8. The van der Waals surface area contributed by atoms with Crippen LogP contribution in [0.4, 0.5) is 4.39 Å². The molecule has 1 amide bonds. The lowest BCUT2D eigenvalue weighted by molar-refractivity contribution is -0.120. The van der Waals surface area contributed by atoms with Gasteiger partial charge in [0.1, 0.15) is 5.82 Å². The van der Waals surface area contributed by atoms with E-state index in [1.165, 1.54) is 12.1 Å². The second-order valence-corrected chi connectivity index (χ2v) is 5.84. The Morgan fingerprint density at radius 3 is 2.60 bits per heavy atom. The monoisotopic (exact) mass is 344 g/mol. The van der Waals surface area contributed by atoms with E-state index in [1.54, 1.807) is 12.1 Å². The molecule has 1 aliphatic heterocycles. The zero-order valence-electron chi connectivity index (χ0n) is 13.9. The van der Waals surface area contributed by atoms with Crippen molar-refractivity contribution in [3.05, 3.63) is 59.4 Å². The predicted molar refractivity (Wildman–Crippen MR) is 92.0 cm³/mol. The van der Waals surface area contributed by atoms with Gasteiger partial charge in [0.25, 0.3) is 0 Å². The first-order valence-corrected chi connectivity index (χ1v) is 8.31. The SMILES string of the molecule is O=C(CCNCc1ccc2c(c1)OCO2)NCCc1ccc(F)cc1. The third kappa shape index (κ3) is 5.19. The van der Waals surface area contributed by atoms with Crippen molar-refractivity contribution in [1.82, 2.24) is 10.6 Å². The Bertz CT molecular complexity index is 719. The third-order valence-corrected chi connectivity index (χ3v) is 3.94. The summed E-state index contributed by atoms with van der Waals surface area (Å²) in [6.07, 6.45) is 1.10. The summed E-state index contributed by atoms with van der Waals surface area (Å²) in [7, 11) is 0. The van der Waals surface area contributed by atoms with Crippen LogP contribution in [0.25, 0.3) is 0 Å². The lowest BCUT2D eigenvalue weighted by atomic mass is 10.1. The fourth-order valence-corrected chi connectivity index (χ4v) is 2.57. The minimum absolute atomic E-state index is 0.000276. The van der Waals surface area contributed by atoms with Crippen molar-refractivity contribution in [2.45, 2.75) is 19.4 Å². The molecule has 0 radical (unpaired) electrons. The highest BCUT2D eigenvalue weighted by Gasteiger charge is 2.12. The summed E-state index contributed by atoms with van der Waals surface area (Å²) >= 11 is 0. The second-order valence-electron chi connectivity index (χ2n) is 5.84. The van der Waals surface area contributed by atoms with Gasteiger partial charge in [0, 0.05) is 26.1 Å². The largest absolute Gasteiger partial charge is 0.454 e.